The minimum atomic E-state index is -4.28. The van der Waals surface area contributed by atoms with Gasteiger partial charge in [0, 0.05) is 12.7 Å². The number of ether oxygens (including phenoxy) is 1. The van der Waals surface area contributed by atoms with Crippen molar-refractivity contribution in [3.8, 4) is 0 Å². The van der Waals surface area contributed by atoms with E-state index in [9.17, 15) is 13.2 Å². The van der Waals surface area contributed by atoms with Crippen molar-refractivity contribution in [3.05, 3.63) is 18.2 Å². The highest BCUT2D eigenvalue weighted by molar-refractivity contribution is 4.95. The Morgan fingerprint density at radius 1 is 1.53 bits per heavy atom. The van der Waals surface area contributed by atoms with Gasteiger partial charge in [0.25, 0.3) is 0 Å². The summed E-state index contributed by atoms with van der Waals surface area (Å²) in [6.45, 7) is -0.810. The number of rotatable bonds is 5. The molecule has 0 atom stereocenters. The first kappa shape index (κ1) is 12.0. The van der Waals surface area contributed by atoms with Crippen molar-refractivity contribution < 1.29 is 17.9 Å². The van der Waals surface area contributed by atoms with E-state index in [0.717, 1.165) is 5.69 Å². The minimum absolute atomic E-state index is 0.143. The van der Waals surface area contributed by atoms with Gasteiger partial charge in [-0.05, 0) is 7.05 Å². The number of nitrogens with one attached hydrogen (secondary N) is 1. The molecule has 0 bridgehead atoms. The fraction of sp³-hybridized carbons (Fsp3) is 0.625. The zero-order valence-corrected chi connectivity index (χ0v) is 8.21. The van der Waals surface area contributed by atoms with Crippen LogP contribution in [0.15, 0.2) is 12.5 Å². The lowest BCUT2D eigenvalue weighted by atomic mass is 10.5. The van der Waals surface area contributed by atoms with Gasteiger partial charge >= 0.3 is 6.18 Å². The highest BCUT2D eigenvalue weighted by atomic mass is 19.4. The molecule has 1 N–H and O–H groups in total. The van der Waals surface area contributed by atoms with Crippen LogP contribution in [0.5, 0.6) is 0 Å². The van der Waals surface area contributed by atoms with E-state index in [-0.39, 0.29) is 6.73 Å². The van der Waals surface area contributed by atoms with Crippen LogP contribution in [0.4, 0.5) is 13.2 Å². The normalized spacial score (nSPS) is 12.0. The van der Waals surface area contributed by atoms with Crippen LogP contribution in [0.1, 0.15) is 5.69 Å². The first-order valence-electron chi connectivity index (χ1n) is 4.31. The fourth-order valence-corrected chi connectivity index (χ4v) is 1.02. The van der Waals surface area contributed by atoms with Crippen LogP contribution in [-0.2, 0) is 18.0 Å². The molecular formula is C8H12F3N3O. The summed E-state index contributed by atoms with van der Waals surface area (Å²) in [5.41, 5.74) is 0.758. The van der Waals surface area contributed by atoms with E-state index in [0.29, 0.717) is 6.54 Å². The molecular weight excluding hydrogens is 211 g/mol. The molecule has 15 heavy (non-hydrogen) atoms. The molecule has 1 aromatic rings. The molecule has 0 saturated carbocycles. The minimum Gasteiger partial charge on any atom is -0.351 e. The van der Waals surface area contributed by atoms with E-state index in [1.54, 1.807) is 13.2 Å². The number of hydrogen-bond donors (Lipinski definition) is 1. The molecule has 0 spiro atoms. The second-order valence-corrected chi connectivity index (χ2v) is 3.00. The highest BCUT2D eigenvalue weighted by Gasteiger charge is 2.27. The highest BCUT2D eigenvalue weighted by Crippen LogP contribution is 2.14. The lowest BCUT2D eigenvalue weighted by Crippen LogP contribution is -2.18. The van der Waals surface area contributed by atoms with Crippen molar-refractivity contribution in [2.75, 3.05) is 13.7 Å². The second kappa shape index (κ2) is 5.13. The monoisotopic (exact) mass is 223 g/mol. The van der Waals surface area contributed by atoms with Gasteiger partial charge in [0.1, 0.15) is 13.3 Å². The summed E-state index contributed by atoms with van der Waals surface area (Å²) in [6, 6.07) is 0. The van der Waals surface area contributed by atoms with E-state index < -0.39 is 12.8 Å². The molecule has 0 fully saturated rings. The topological polar surface area (TPSA) is 39.1 Å². The van der Waals surface area contributed by atoms with Gasteiger partial charge < -0.3 is 14.6 Å². The molecule has 0 aliphatic rings. The third-order valence-electron chi connectivity index (χ3n) is 1.55. The van der Waals surface area contributed by atoms with Crippen LogP contribution < -0.4 is 5.32 Å². The number of hydrogen-bond acceptors (Lipinski definition) is 3. The van der Waals surface area contributed by atoms with E-state index in [2.05, 4.69) is 15.0 Å². The lowest BCUT2D eigenvalue weighted by Gasteiger charge is -2.07. The van der Waals surface area contributed by atoms with Gasteiger partial charge in [-0.15, -0.1) is 0 Å². The maximum atomic E-state index is 11.7. The van der Waals surface area contributed by atoms with Gasteiger partial charge in [-0.25, -0.2) is 4.98 Å². The summed E-state index contributed by atoms with van der Waals surface area (Å²) in [4.78, 5) is 3.96. The van der Waals surface area contributed by atoms with Gasteiger partial charge in [0.15, 0.2) is 0 Å². The Labute approximate surface area is 85.1 Å². The van der Waals surface area contributed by atoms with Crippen molar-refractivity contribution in [3.63, 3.8) is 0 Å². The smallest absolute Gasteiger partial charge is 0.351 e. The Bertz CT molecular complexity index is 298. The van der Waals surface area contributed by atoms with Gasteiger partial charge in [0.2, 0.25) is 0 Å². The average Bonchev–Trinajstić information content (AvgIpc) is 2.51. The second-order valence-electron chi connectivity index (χ2n) is 3.00. The maximum absolute atomic E-state index is 11.7. The van der Waals surface area contributed by atoms with Crippen molar-refractivity contribution in [1.82, 2.24) is 14.9 Å². The largest absolute Gasteiger partial charge is 0.411 e. The summed E-state index contributed by atoms with van der Waals surface area (Å²) in [5, 5.41) is 2.88. The Morgan fingerprint density at radius 2 is 2.27 bits per heavy atom. The van der Waals surface area contributed by atoms with Gasteiger partial charge in [-0.1, -0.05) is 0 Å². The number of alkyl halides is 3. The van der Waals surface area contributed by atoms with Crippen molar-refractivity contribution in [2.45, 2.75) is 19.5 Å². The van der Waals surface area contributed by atoms with Crippen LogP contribution in [0.2, 0.25) is 0 Å². The first-order valence-corrected chi connectivity index (χ1v) is 4.31. The van der Waals surface area contributed by atoms with Crippen molar-refractivity contribution in [1.29, 1.82) is 0 Å². The Morgan fingerprint density at radius 3 is 2.87 bits per heavy atom. The van der Waals surface area contributed by atoms with E-state index in [4.69, 9.17) is 0 Å². The maximum Gasteiger partial charge on any atom is 0.411 e. The van der Waals surface area contributed by atoms with Crippen LogP contribution >= 0.6 is 0 Å². The Balaban J connectivity index is 2.31. The zero-order chi connectivity index (χ0) is 11.3. The molecule has 0 aliphatic carbocycles. The summed E-state index contributed by atoms with van der Waals surface area (Å²) in [7, 11) is 1.76. The number of halogens is 3. The quantitative estimate of drug-likeness (QED) is 0.813. The summed E-state index contributed by atoms with van der Waals surface area (Å²) >= 11 is 0. The van der Waals surface area contributed by atoms with Crippen molar-refractivity contribution in [2.24, 2.45) is 0 Å². The van der Waals surface area contributed by atoms with Crippen LogP contribution in [-0.4, -0.2) is 29.4 Å². The lowest BCUT2D eigenvalue weighted by molar-refractivity contribution is -0.181. The van der Waals surface area contributed by atoms with Gasteiger partial charge in [0.05, 0.1) is 12.0 Å². The molecule has 0 saturated heterocycles. The van der Waals surface area contributed by atoms with Crippen LogP contribution in [0.25, 0.3) is 0 Å². The summed E-state index contributed by atoms with van der Waals surface area (Å²) in [6.07, 6.45) is -1.22. The molecule has 4 nitrogen and oxygen atoms in total. The molecule has 0 aromatic carbocycles. The zero-order valence-electron chi connectivity index (χ0n) is 8.21. The number of imidazole rings is 1. The van der Waals surface area contributed by atoms with E-state index in [1.165, 1.54) is 10.9 Å². The number of nitrogens with zero attached hydrogens (tertiary/aromatic N) is 2. The molecule has 1 rings (SSSR count). The van der Waals surface area contributed by atoms with Crippen molar-refractivity contribution >= 4 is 0 Å². The Hall–Kier alpha value is -1.08. The summed E-state index contributed by atoms with van der Waals surface area (Å²) < 4.78 is 41.1. The Kier molecular flexibility index (Phi) is 4.10. The first-order chi connectivity index (χ1) is 7.01. The molecule has 0 aliphatic heterocycles. The molecule has 7 heteroatoms. The molecule has 1 aromatic heterocycles. The molecule has 0 unspecified atom stereocenters. The molecule has 0 radical (unpaired) electrons. The molecule has 1 heterocycles. The van der Waals surface area contributed by atoms with E-state index in [1.807, 2.05) is 0 Å². The van der Waals surface area contributed by atoms with Gasteiger partial charge in [-0.2, -0.15) is 13.2 Å². The van der Waals surface area contributed by atoms with Gasteiger partial charge in [-0.3, -0.25) is 0 Å². The summed E-state index contributed by atoms with van der Waals surface area (Å²) in [5.74, 6) is 0. The third kappa shape index (κ3) is 4.80. The van der Waals surface area contributed by atoms with E-state index >= 15 is 0 Å². The predicted octanol–water partition coefficient (Wildman–Crippen LogP) is 1.14. The van der Waals surface area contributed by atoms with Crippen LogP contribution in [0.3, 0.4) is 0 Å². The average molecular weight is 223 g/mol. The standard InChI is InChI=1S/C8H12F3N3O/c1-12-2-7-3-14(5-13-7)6-15-4-8(9,10)11/h3,5,12H,2,4,6H2,1H3. The third-order valence-corrected chi connectivity index (χ3v) is 1.55. The molecule has 86 valence electrons. The predicted molar refractivity (Wildman–Crippen MR) is 47.0 cm³/mol. The fourth-order valence-electron chi connectivity index (χ4n) is 1.02. The number of aromatic nitrogens is 2. The SMILES string of the molecule is CNCc1cn(COCC(F)(F)F)cn1. The molecule has 0 amide bonds. The van der Waals surface area contributed by atoms with Crippen LogP contribution in [0, 0.1) is 0 Å².